The molecule has 1 aromatic rings. The molecule has 1 aromatic heterocycles. The summed E-state index contributed by atoms with van der Waals surface area (Å²) in [6.45, 7) is 3.19. The lowest BCUT2D eigenvalue weighted by molar-refractivity contribution is -0.159. The highest BCUT2D eigenvalue weighted by Gasteiger charge is 2.49. The first-order valence-corrected chi connectivity index (χ1v) is 7.69. The number of halogens is 2. The van der Waals surface area contributed by atoms with Crippen LogP contribution < -0.4 is 0 Å². The molecule has 1 atom stereocenters. The number of hydrogen-bond acceptors (Lipinski definition) is 6. The minimum Gasteiger partial charge on any atom is -0.473 e. The minimum atomic E-state index is -1.82. The van der Waals surface area contributed by atoms with E-state index in [0.29, 0.717) is 11.1 Å². The fraction of sp³-hybridized carbons (Fsp3) is 0.636. The number of carboxylic acid groups (broad SMARTS) is 2. The zero-order valence-corrected chi connectivity index (χ0v) is 13.2. The quantitative estimate of drug-likeness (QED) is 0.582. The summed E-state index contributed by atoms with van der Waals surface area (Å²) in [5, 5.41) is 15.3. The van der Waals surface area contributed by atoms with Crippen LogP contribution in [-0.4, -0.2) is 55.4 Å². The fourth-order valence-electron chi connectivity index (χ4n) is 2.70. The van der Waals surface area contributed by atoms with Crippen molar-refractivity contribution >= 4 is 46.9 Å². The molecule has 21 heavy (non-hydrogen) atoms. The van der Waals surface area contributed by atoms with Gasteiger partial charge in [-0.2, -0.15) is 8.75 Å². The lowest BCUT2D eigenvalue weighted by atomic mass is 9.77. The Bertz CT molecular complexity index is 535. The van der Waals surface area contributed by atoms with Gasteiger partial charge in [-0.05, 0) is 31.8 Å². The van der Waals surface area contributed by atoms with Crippen molar-refractivity contribution in [3.63, 3.8) is 0 Å². The Morgan fingerprint density at radius 3 is 2.14 bits per heavy atom. The summed E-state index contributed by atoms with van der Waals surface area (Å²) in [6, 6.07) is 0. The van der Waals surface area contributed by atoms with Crippen molar-refractivity contribution < 1.29 is 19.8 Å². The average molecular weight is 354 g/mol. The molecule has 1 unspecified atom stereocenters. The zero-order valence-electron chi connectivity index (χ0n) is 10.8. The molecular formula is C11H13Cl2N3O4S. The van der Waals surface area contributed by atoms with Gasteiger partial charge in [0.1, 0.15) is 10.6 Å². The first-order valence-electron chi connectivity index (χ1n) is 6.20. The maximum absolute atomic E-state index is 9.10. The van der Waals surface area contributed by atoms with E-state index < -0.39 is 11.9 Å². The van der Waals surface area contributed by atoms with Gasteiger partial charge >= 0.3 is 11.9 Å². The molecule has 0 amide bonds. The van der Waals surface area contributed by atoms with Crippen molar-refractivity contribution in [1.82, 2.24) is 13.6 Å². The highest BCUT2D eigenvalue weighted by atomic mass is 35.5. The van der Waals surface area contributed by atoms with Crippen LogP contribution in [0.2, 0.25) is 5.15 Å². The molecule has 2 N–H and O–H groups in total. The molecular weight excluding hydrogens is 341 g/mol. The van der Waals surface area contributed by atoms with E-state index in [9.17, 15) is 0 Å². The lowest BCUT2D eigenvalue weighted by Crippen LogP contribution is -2.54. The van der Waals surface area contributed by atoms with Crippen LogP contribution in [-0.2, 0) is 14.5 Å². The monoisotopic (exact) mass is 353 g/mol. The maximum Gasteiger partial charge on any atom is 0.414 e. The standard InChI is InChI=1S/C9H11Cl2N3S.C2H2O4/c10-8-7(12-15-13-8)9(11)5-14-3-1-6(9)2-4-14;3-1(4)2(5)6/h6H,1-5H2;(H,3,4)(H,5,6). The minimum absolute atomic E-state index is 0.388. The second-order valence-electron chi connectivity index (χ2n) is 4.93. The van der Waals surface area contributed by atoms with Gasteiger partial charge < -0.3 is 15.1 Å². The molecule has 7 nitrogen and oxygen atoms in total. The largest absolute Gasteiger partial charge is 0.473 e. The Balaban J connectivity index is 0.000000232. The Hall–Kier alpha value is -0.960. The van der Waals surface area contributed by atoms with Crippen LogP contribution in [0.1, 0.15) is 18.5 Å². The SMILES string of the molecule is Clc1nsnc1C1(Cl)CN2CCC1CC2.O=C(O)C(=O)O. The average Bonchev–Trinajstić information content (AvgIpc) is 2.87. The summed E-state index contributed by atoms with van der Waals surface area (Å²) in [5.41, 5.74) is 0.797. The Morgan fingerprint density at radius 1 is 1.24 bits per heavy atom. The fourth-order valence-corrected chi connectivity index (χ4v) is 4.20. The number of fused-ring (bicyclic) bond motifs is 3. The van der Waals surface area contributed by atoms with Gasteiger partial charge in [0.2, 0.25) is 0 Å². The van der Waals surface area contributed by atoms with E-state index in [1.165, 1.54) is 0 Å². The van der Waals surface area contributed by atoms with Crippen LogP contribution in [0.25, 0.3) is 0 Å². The Kier molecular flexibility index (Phi) is 5.03. The van der Waals surface area contributed by atoms with E-state index >= 15 is 0 Å². The second-order valence-corrected chi connectivity index (χ2v) is 6.49. The van der Waals surface area contributed by atoms with Crippen molar-refractivity contribution in [2.45, 2.75) is 17.7 Å². The van der Waals surface area contributed by atoms with Crippen LogP contribution in [0.4, 0.5) is 0 Å². The normalized spacial score (nSPS) is 30.4. The molecule has 3 aliphatic heterocycles. The van der Waals surface area contributed by atoms with Crippen LogP contribution >= 0.6 is 34.9 Å². The van der Waals surface area contributed by atoms with E-state index in [4.69, 9.17) is 43.0 Å². The molecule has 0 saturated carbocycles. The van der Waals surface area contributed by atoms with Gasteiger partial charge in [0.05, 0.1) is 11.7 Å². The maximum atomic E-state index is 9.10. The van der Waals surface area contributed by atoms with Gasteiger partial charge in [0.15, 0.2) is 5.15 Å². The van der Waals surface area contributed by atoms with Crippen molar-refractivity contribution in [1.29, 1.82) is 0 Å². The van der Waals surface area contributed by atoms with Crippen molar-refractivity contribution in [3.05, 3.63) is 10.8 Å². The number of carbonyl (C=O) groups is 2. The molecule has 3 aliphatic rings. The first kappa shape index (κ1) is 16.4. The molecule has 0 aliphatic carbocycles. The molecule has 0 spiro atoms. The molecule has 3 saturated heterocycles. The highest BCUT2D eigenvalue weighted by Crippen LogP contribution is 2.48. The zero-order chi connectivity index (χ0) is 15.6. The first-order chi connectivity index (χ1) is 9.84. The number of alkyl halides is 1. The van der Waals surface area contributed by atoms with E-state index in [0.717, 1.165) is 49.9 Å². The van der Waals surface area contributed by atoms with Gasteiger partial charge in [-0.25, -0.2) is 9.59 Å². The van der Waals surface area contributed by atoms with E-state index in [1.807, 2.05) is 0 Å². The van der Waals surface area contributed by atoms with Crippen molar-refractivity contribution in [2.75, 3.05) is 19.6 Å². The Labute approximate surface area is 134 Å². The Morgan fingerprint density at radius 2 is 1.81 bits per heavy atom. The summed E-state index contributed by atoms with van der Waals surface area (Å²) >= 11 is 13.9. The summed E-state index contributed by atoms with van der Waals surface area (Å²) in [7, 11) is 0. The molecule has 0 radical (unpaired) electrons. The van der Waals surface area contributed by atoms with Crippen LogP contribution in [0, 0.1) is 5.92 Å². The second kappa shape index (κ2) is 6.43. The summed E-state index contributed by atoms with van der Waals surface area (Å²) in [6.07, 6.45) is 2.30. The number of hydrogen-bond donors (Lipinski definition) is 2. The number of aromatic nitrogens is 2. The number of piperidine rings is 3. The van der Waals surface area contributed by atoms with E-state index in [2.05, 4.69) is 13.6 Å². The molecule has 0 aromatic carbocycles. The molecule has 116 valence electrons. The van der Waals surface area contributed by atoms with Gasteiger partial charge in [-0.3, -0.25) is 0 Å². The van der Waals surface area contributed by atoms with Crippen molar-refractivity contribution in [3.8, 4) is 0 Å². The van der Waals surface area contributed by atoms with Crippen LogP contribution in [0.3, 0.4) is 0 Å². The summed E-state index contributed by atoms with van der Waals surface area (Å²) in [5.74, 6) is -3.14. The van der Waals surface area contributed by atoms with Gasteiger partial charge in [-0.15, -0.1) is 11.6 Å². The third-order valence-corrected chi connectivity index (χ3v) is 5.21. The summed E-state index contributed by atoms with van der Waals surface area (Å²) < 4.78 is 8.28. The van der Waals surface area contributed by atoms with Crippen molar-refractivity contribution in [2.24, 2.45) is 5.92 Å². The number of aliphatic carboxylic acids is 2. The lowest BCUT2D eigenvalue weighted by Gasteiger charge is -2.49. The van der Waals surface area contributed by atoms with Gasteiger partial charge in [0, 0.05) is 6.54 Å². The van der Waals surface area contributed by atoms with E-state index in [1.54, 1.807) is 0 Å². The summed E-state index contributed by atoms with van der Waals surface area (Å²) in [4.78, 5) is 20.2. The molecule has 4 rings (SSSR count). The van der Waals surface area contributed by atoms with Crippen LogP contribution in [0.5, 0.6) is 0 Å². The van der Waals surface area contributed by atoms with E-state index in [-0.39, 0.29) is 4.87 Å². The van der Waals surface area contributed by atoms with Gasteiger partial charge in [0.25, 0.3) is 0 Å². The molecule has 2 bridgehead atoms. The number of nitrogens with zero attached hydrogens (tertiary/aromatic N) is 3. The van der Waals surface area contributed by atoms with Crippen LogP contribution in [0.15, 0.2) is 0 Å². The predicted octanol–water partition coefficient (Wildman–Crippen LogP) is 1.51. The number of rotatable bonds is 1. The number of carboxylic acids is 2. The highest BCUT2D eigenvalue weighted by molar-refractivity contribution is 6.99. The topological polar surface area (TPSA) is 104 Å². The van der Waals surface area contributed by atoms with Gasteiger partial charge in [-0.1, -0.05) is 11.6 Å². The molecule has 3 fully saturated rings. The third kappa shape index (κ3) is 3.45. The molecule has 4 heterocycles. The predicted molar refractivity (Wildman–Crippen MR) is 76.9 cm³/mol. The molecule has 10 heteroatoms. The smallest absolute Gasteiger partial charge is 0.414 e. The third-order valence-electron chi connectivity index (χ3n) is 3.71.